The quantitative estimate of drug-likeness (QED) is 0.555. The van der Waals surface area contributed by atoms with Crippen molar-refractivity contribution in [3.05, 3.63) is 69.4 Å². The van der Waals surface area contributed by atoms with Gasteiger partial charge in [-0.2, -0.15) is 0 Å². The Labute approximate surface area is 193 Å². The number of thioether (sulfide) groups is 1. The van der Waals surface area contributed by atoms with E-state index in [2.05, 4.69) is 48.1 Å². The molecule has 166 valence electrons. The number of rotatable bonds is 3. The number of carbonyl (C=O) groups is 1. The number of anilines is 1. The van der Waals surface area contributed by atoms with Crippen LogP contribution in [0.15, 0.2) is 46.3 Å². The molecule has 0 aliphatic carbocycles. The molecule has 4 rings (SSSR count). The third kappa shape index (κ3) is 4.11. The highest BCUT2D eigenvalue weighted by molar-refractivity contribution is 8.18. The van der Waals surface area contributed by atoms with Gasteiger partial charge in [-0.05, 0) is 88.7 Å². The van der Waals surface area contributed by atoms with E-state index in [0.29, 0.717) is 15.6 Å². The van der Waals surface area contributed by atoms with Crippen LogP contribution < -0.4 is 10.2 Å². The summed E-state index contributed by atoms with van der Waals surface area (Å²) in [6.07, 6.45) is 3.82. The van der Waals surface area contributed by atoms with Crippen molar-refractivity contribution in [2.75, 3.05) is 11.4 Å². The van der Waals surface area contributed by atoms with Gasteiger partial charge >= 0.3 is 0 Å². The molecule has 1 saturated heterocycles. The molecule has 1 fully saturated rings. The second kappa shape index (κ2) is 8.24. The Balaban J connectivity index is 1.68. The third-order valence-corrected chi connectivity index (χ3v) is 6.83. The van der Waals surface area contributed by atoms with Gasteiger partial charge in [0.2, 0.25) is 0 Å². The van der Waals surface area contributed by atoms with Gasteiger partial charge < -0.3 is 10.2 Å². The first kappa shape index (κ1) is 22.3. The molecule has 4 nitrogen and oxygen atoms in total. The van der Waals surface area contributed by atoms with E-state index in [9.17, 15) is 4.79 Å². The maximum atomic E-state index is 15.1. The molecule has 2 aromatic rings. The Morgan fingerprint density at radius 1 is 1.19 bits per heavy atom. The molecule has 2 heterocycles. The number of amidine groups is 1. The van der Waals surface area contributed by atoms with E-state index in [1.54, 1.807) is 12.1 Å². The van der Waals surface area contributed by atoms with E-state index >= 15 is 4.39 Å². The van der Waals surface area contributed by atoms with Gasteiger partial charge in [0.15, 0.2) is 5.17 Å². The van der Waals surface area contributed by atoms with Crippen LogP contribution in [0.25, 0.3) is 11.6 Å². The molecule has 1 amide bonds. The Hall–Kier alpha value is -2.86. The molecule has 0 bridgehead atoms. The average molecular weight is 450 g/mol. The van der Waals surface area contributed by atoms with Crippen molar-refractivity contribution in [3.63, 3.8) is 0 Å². The number of aliphatic imine (C=N–C) groups is 1. The van der Waals surface area contributed by atoms with Crippen molar-refractivity contribution in [1.29, 1.82) is 0 Å². The highest BCUT2D eigenvalue weighted by atomic mass is 32.2. The van der Waals surface area contributed by atoms with Crippen LogP contribution in [0.5, 0.6) is 0 Å². The van der Waals surface area contributed by atoms with Crippen molar-refractivity contribution < 1.29 is 9.18 Å². The fourth-order valence-corrected chi connectivity index (χ4v) is 5.29. The molecule has 0 saturated carbocycles. The normalized spacial score (nSPS) is 19.9. The molecular weight excluding hydrogens is 421 g/mol. The van der Waals surface area contributed by atoms with E-state index in [1.165, 1.54) is 11.8 Å². The maximum absolute atomic E-state index is 15.1. The van der Waals surface area contributed by atoms with Crippen LogP contribution in [0.2, 0.25) is 0 Å². The molecule has 6 heteroatoms. The number of aryl methyl sites for hydroxylation is 2. The van der Waals surface area contributed by atoms with Gasteiger partial charge in [0.1, 0.15) is 5.82 Å². The van der Waals surface area contributed by atoms with Crippen molar-refractivity contribution >= 4 is 45.9 Å². The summed E-state index contributed by atoms with van der Waals surface area (Å²) < 4.78 is 15.1. The lowest BCUT2D eigenvalue weighted by atomic mass is 9.88. The minimum absolute atomic E-state index is 0.182. The SMILES string of the molecule is CCN1c2cc(F)c(/C=C3/SC(=Nc4ccc(C)cc4C)NC3=O)cc2C(C)=CC1(C)C. The number of fused-ring (bicyclic) bond motifs is 1. The van der Waals surface area contributed by atoms with Gasteiger partial charge in [0.05, 0.1) is 16.1 Å². The van der Waals surface area contributed by atoms with Crippen LogP contribution in [-0.2, 0) is 4.79 Å². The molecule has 0 spiro atoms. The predicted molar refractivity (Wildman–Crippen MR) is 134 cm³/mol. The monoisotopic (exact) mass is 449 g/mol. The molecule has 0 aromatic heterocycles. The number of amides is 1. The molecule has 2 aliphatic heterocycles. The van der Waals surface area contributed by atoms with Crippen molar-refractivity contribution in [2.45, 2.75) is 47.1 Å². The van der Waals surface area contributed by atoms with Crippen LogP contribution in [0.1, 0.15) is 49.9 Å². The van der Waals surface area contributed by atoms with Gasteiger partial charge in [0, 0.05) is 23.4 Å². The van der Waals surface area contributed by atoms with Gasteiger partial charge in [-0.25, -0.2) is 9.38 Å². The average Bonchev–Trinajstić information content (AvgIpc) is 3.04. The van der Waals surface area contributed by atoms with E-state index in [4.69, 9.17) is 0 Å². The zero-order valence-corrected chi connectivity index (χ0v) is 20.2. The molecular formula is C26H28FN3OS. The lowest BCUT2D eigenvalue weighted by molar-refractivity contribution is -0.115. The first-order valence-corrected chi connectivity index (χ1v) is 11.6. The smallest absolute Gasteiger partial charge is 0.264 e. The van der Waals surface area contributed by atoms with E-state index in [0.717, 1.165) is 40.2 Å². The lowest BCUT2D eigenvalue weighted by Crippen LogP contribution is -2.45. The zero-order valence-electron chi connectivity index (χ0n) is 19.3. The Kier molecular flexibility index (Phi) is 5.76. The van der Waals surface area contributed by atoms with Gasteiger partial charge in [-0.3, -0.25) is 4.79 Å². The summed E-state index contributed by atoms with van der Waals surface area (Å²) in [7, 11) is 0. The van der Waals surface area contributed by atoms with Crippen molar-refractivity contribution in [2.24, 2.45) is 4.99 Å². The largest absolute Gasteiger partial charge is 0.363 e. The number of likely N-dealkylation sites (N-methyl/N-ethyl adjacent to an activating group) is 1. The maximum Gasteiger partial charge on any atom is 0.264 e. The highest BCUT2D eigenvalue weighted by Gasteiger charge is 2.31. The minimum Gasteiger partial charge on any atom is -0.363 e. The van der Waals surface area contributed by atoms with Crippen molar-refractivity contribution in [3.8, 4) is 0 Å². The number of hydrogen-bond donors (Lipinski definition) is 1. The van der Waals surface area contributed by atoms with Crippen molar-refractivity contribution in [1.82, 2.24) is 5.32 Å². The fourth-order valence-electron chi connectivity index (χ4n) is 4.47. The summed E-state index contributed by atoms with van der Waals surface area (Å²) in [5, 5.41) is 3.30. The number of halogens is 1. The Morgan fingerprint density at radius 3 is 2.62 bits per heavy atom. The van der Waals surface area contributed by atoms with Crippen LogP contribution >= 0.6 is 11.8 Å². The Bertz CT molecular complexity index is 1210. The Morgan fingerprint density at radius 2 is 1.94 bits per heavy atom. The molecule has 0 radical (unpaired) electrons. The number of hydrogen-bond acceptors (Lipinski definition) is 4. The number of nitrogens with zero attached hydrogens (tertiary/aromatic N) is 2. The molecule has 1 N–H and O–H groups in total. The topological polar surface area (TPSA) is 44.7 Å². The van der Waals surface area contributed by atoms with Crippen LogP contribution in [0.3, 0.4) is 0 Å². The molecule has 0 atom stereocenters. The molecule has 0 unspecified atom stereocenters. The summed E-state index contributed by atoms with van der Waals surface area (Å²) in [6, 6.07) is 9.41. The number of nitrogens with one attached hydrogen (secondary N) is 1. The fraction of sp³-hybridized carbons (Fsp3) is 0.308. The summed E-state index contributed by atoms with van der Waals surface area (Å²) in [5.41, 5.74) is 6.21. The van der Waals surface area contributed by atoms with Gasteiger partial charge in [-0.15, -0.1) is 0 Å². The predicted octanol–water partition coefficient (Wildman–Crippen LogP) is 6.36. The summed E-state index contributed by atoms with van der Waals surface area (Å²) in [4.78, 5) is 19.7. The first-order chi connectivity index (χ1) is 15.1. The molecule has 32 heavy (non-hydrogen) atoms. The van der Waals surface area contributed by atoms with E-state index < -0.39 is 0 Å². The van der Waals surface area contributed by atoms with Crippen LogP contribution in [-0.4, -0.2) is 23.2 Å². The third-order valence-electron chi connectivity index (χ3n) is 5.92. The van der Waals surface area contributed by atoms with E-state index in [1.807, 2.05) is 39.0 Å². The van der Waals surface area contributed by atoms with Crippen LogP contribution in [0.4, 0.5) is 15.8 Å². The lowest BCUT2D eigenvalue weighted by Gasteiger charge is -2.42. The molecule has 2 aliphatic rings. The second-order valence-corrected chi connectivity index (χ2v) is 9.92. The minimum atomic E-state index is -0.339. The number of allylic oxidation sites excluding steroid dienone is 1. The summed E-state index contributed by atoms with van der Waals surface area (Å²) >= 11 is 1.23. The summed E-state index contributed by atoms with van der Waals surface area (Å²) in [6.45, 7) is 13.2. The van der Waals surface area contributed by atoms with E-state index in [-0.39, 0.29) is 17.3 Å². The number of carbonyl (C=O) groups excluding carboxylic acids is 1. The molecule has 2 aromatic carbocycles. The highest BCUT2D eigenvalue weighted by Crippen LogP contribution is 2.40. The standard InChI is InChI=1S/C26H28FN3OS/c1-7-30-22-13-20(27)18(11-19(22)17(4)14-26(30,5)6)12-23-24(31)29-25(32-23)28-21-9-8-15(2)10-16(21)3/h8-14H,7H2,1-6H3,(H,28,29,31)/b23-12+. The summed E-state index contributed by atoms with van der Waals surface area (Å²) in [5.74, 6) is -0.604. The number of benzene rings is 2. The van der Waals surface area contributed by atoms with Gasteiger partial charge in [0.25, 0.3) is 5.91 Å². The zero-order chi connectivity index (χ0) is 23.2. The first-order valence-electron chi connectivity index (χ1n) is 10.8. The van der Waals surface area contributed by atoms with Crippen LogP contribution in [0, 0.1) is 19.7 Å². The second-order valence-electron chi connectivity index (χ2n) is 8.89. The van der Waals surface area contributed by atoms with Gasteiger partial charge in [-0.1, -0.05) is 23.8 Å².